The molecule has 23 heavy (non-hydrogen) atoms. The van der Waals surface area contributed by atoms with Crippen molar-refractivity contribution < 1.29 is 51.0 Å². The van der Waals surface area contributed by atoms with Crippen LogP contribution in [-0.2, 0) is 26.2 Å². The number of halogens is 2. The minimum absolute atomic E-state index is 0. The normalized spacial score (nSPS) is 14.0. The van der Waals surface area contributed by atoms with Crippen molar-refractivity contribution in [1.82, 2.24) is 0 Å². The van der Waals surface area contributed by atoms with Crippen LogP contribution in [0.5, 0.6) is 0 Å². The fourth-order valence-corrected chi connectivity index (χ4v) is 3.58. The average molecular weight is 420 g/mol. The number of rotatable bonds is 3. The Morgan fingerprint density at radius 1 is 0.826 bits per heavy atom. The van der Waals surface area contributed by atoms with Gasteiger partial charge in [-0.3, -0.25) is 0 Å². The van der Waals surface area contributed by atoms with E-state index in [4.69, 9.17) is 0 Å². The summed E-state index contributed by atoms with van der Waals surface area (Å²) in [5, 5.41) is 0. The van der Waals surface area contributed by atoms with E-state index in [9.17, 15) is 0 Å². The Balaban J connectivity index is 0.000000882. The van der Waals surface area contributed by atoms with Crippen molar-refractivity contribution in [1.29, 1.82) is 0 Å². The number of benzene rings is 2. The molecule has 0 radical (unpaired) electrons. The van der Waals surface area contributed by atoms with Gasteiger partial charge in [0.1, 0.15) is 0 Å². The number of fused-ring (bicyclic) bond motifs is 3. The Hall–Kier alpha value is -0.617. The smallest absolute Gasteiger partial charge is 1.00 e. The molecule has 0 amide bonds. The van der Waals surface area contributed by atoms with Gasteiger partial charge in [-0.2, -0.15) is 0 Å². The minimum Gasteiger partial charge on any atom is -1.00 e. The Bertz CT molecular complexity index is 674. The molecule has 2 aliphatic carbocycles. The zero-order valence-electron chi connectivity index (χ0n) is 12.8. The van der Waals surface area contributed by atoms with Crippen LogP contribution in [0.3, 0.4) is 0 Å². The largest absolute Gasteiger partial charge is 2.00 e. The number of allylic oxidation sites excluding steroid dienone is 4. The van der Waals surface area contributed by atoms with E-state index in [-0.39, 0.29) is 51.0 Å². The van der Waals surface area contributed by atoms with Crippen molar-refractivity contribution in [3.63, 3.8) is 0 Å². The molecule has 2 aromatic rings. The fraction of sp³-hybridized carbons (Fsp3) is 0.200. The molecule has 0 saturated carbocycles. The van der Waals surface area contributed by atoms with Gasteiger partial charge in [0.25, 0.3) is 0 Å². The van der Waals surface area contributed by atoms with Crippen LogP contribution in [0.25, 0.3) is 11.1 Å². The summed E-state index contributed by atoms with van der Waals surface area (Å²) in [7, 11) is 0. The SMILES string of the molecule is C1=CCC(CCC2c3ccccc3-c3ccccc32)=C1.[Cl-].[Cl-].[Zr+2]. The summed E-state index contributed by atoms with van der Waals surface area (Å²) in [6.45, 7) is 0. The van der Waals surface area contributed by atoms with Crippen LogP contribution in [-0.4, -0.2) is 0 Å². The molecule has 0 aliphatic heterocycles. The second-order valence-corrected chi connectivity index (χ2v) is 5.72. The van der Waals surface area contributed by atoms with E-state index in [2.05, 4.69) is 66.8 Å². The van der Waals surface area contributed by atoms with Gasteiger partial charge in [0.2, 0.25) is 0 Å². The van der Waals surface area contributed by atoms with E-state index in [1.54, 1.807) is 5.57 Å². The third-order valence-electron chi connectivity index (χ3n) is 4.56. The molecular weight excluding hydrogens is 402 g/mol. The predicted molar refractivity (Wildman–Crippen MR) is 84.8 cm³/mol. The zero-order valence-corrected chi connectivity index (χ0v) is 16.8. The quantitative estimate of drug-likeness (QED) is 0.627. The molecule has 0 heterocycles. The molecule has 0 aromatic heterocycles. The second-order valence-electron chi connectivity index (χ2n) is 5.72. The molecule has 0 N–H and O–H groups in total. The van der Waals surface area contributed by atoms with Gasteiger partial charge in [0, 0.05) is 5.92 Å². The van der Waals surface area contributed by atoms with Crippen LogP contribution in [0.15, 0.2) is 72.3 Å². The summed E-state index contributed by atoms with van der Waals surface area (Å²) in [5.74, 6) is 0.573. The van der Waals surface area contributed by atoms with Gasteiger partial charge in [0.05, 0.1) is 0 Å². The maximum absolute atomic E-state index is 2.31. The fourth-order valence-electron chi connectivity index (χ4n) is 3.58. The molecule has 0 unspecified atom stereocenters. The Morgan fingerprint density at radius 3 is 1.91 bits per heavy atom. The van der Waals surface area contributed by atoms with Gasteiger partial charge in [-0.25, -0.2) is 0 Å². The monoisotopic (exact) mass is 418 g/mol. The van der Waals surface area contributed by atoms with Gasteiger partial charge < -0.3 is 24.8 Å². The van der Waals surface area contributed by atoms with Gasteiger partial charge >= 0.3 is 26.2 Å². The summed E-state index contributed by atoms with van der Waals surface area (Å²) in [4.78, 5) is 0. The van der Waals surface area contributed by atoms with Gasteiger partial charge in [-0.05, 0) is 41.5 Å². The molecule has 0 fully saturated rings. The van der Waals surface area contributed by atoms with Crippen LogP contribution in [0.1, 0.15) is 36.3 Å². The first kappa shape index (κ1) is 20.4. The van der Waals surface area contributed by atoms with Crippen molar-refractivity contribution in [2.24, 2.45) is 0 Å². The Kier molecular flexibility index (Phi) is 8.01. The van der Waals surface area contributed by atoms with Gasteiger partial charge in [-0.1, -0.05) is 72.3 Å². The third-order valence-corrected chi connectivity index (χ3v) is 4.56. The van der Waals surface area contributed by atoms with Crippen LogP contribution in [0.2, 0.25) is 0 Å². The Morgan fingerprint density at radius 2 is 1.39 bits per heavy atom. The predicted octanol–water partition coefficient (Wildman–Crippen LogP) is -0.529. The molecule has 0 atom stereocenters. The van der Waals surface area contributed by atoms with Crippen LogP contribution < -0.4 is 24.8 Å². The van der Waals surface area contributed by atoms with E-state index in [0.29, 0.717) is 5.92 Å². The standard InChI is InChI=1S/C20H18.2ClH.Zr/c1-2-8-15(7-1)13-14-20-18-11-5-3-9-16(18)17-10-4-6-12-19(17)20;;;/h1-7,9-12,20H,8,13-14H2;2*1H;/q;;;+2/p-2. The van der Waals surface area contributed by atoms with Crippen molar-refractivity contribution in [3.05, 3.63) is 83.5 Å². The molecule has 0 spiro atoms. The number of hydrogen-bond donors (Lipinski definition) is 0. The van der Waals surface area contributed by atoms with Crippen molar-refractivity contribution in [3.8, 4) is 11.1 Å². The first-order valence-electron chi connectivity index (χ1n) is 7.46. The molecule has 116 valence electrons. The summed E-state index contributed by atoms with van der Waals surface area (Å²) in [5.41, 5.74) is 7.48. The summed E-state index contributed by atoms with van der Waals surface area (Å²) < 4.78 is 0. The van der Waals surface area contributed by atoms with E-state index in [1.807, 2.05) is 0 Å². The molecule has 4 rings (SSSR count). The van der Waals surface area contributed by atoms with Crippen molar-refractivity contribution >= 4 is 0 Å². The average Bonchev–Trinajstić information content (AvgIpc) is 3.11. The van der Waals surface area contributed by atoms with E-state index < -0.39 is 0 Å². The van der Waals surface area contributed by atoms with Crippen molar-refractivity contribution in [2.75, 3.05) is 0 Å². The van der Waals surface area contributed by atoms with Crippen LogP contribution in [0, 0.1) is 0 Å². The topological polar surface area (TPSA) is 0 Å². The van der Waals surface area contributed by atoms with Gasteiger partial charge in [0.15, 0.2) is 0 Å². The molecule has 0 bridgehead atoms. The first-order chi connectivity index (χ1) is 9.93. The molecular formula is C20H18Cl2Zr. The van der Waals surface area contributed by atoms with E-state index in [0.717, 1.165) is 6.42 Å². The first-order valence-corrected chi connectivity index (χ1v) is 7.46. The molecule has 3 heteroatoms. The maximum atomic E-state index is 2.31. The van der Waals surface area contributed by atoms with Gasteiger partial charge in [-0.15, -0.1) is 0 Å². The summed E-state index contributed by atoms with van der Waals surface area (Å²) in [6, 6.07) is 17.8. The number of hydrogen-bond acceptors (Lipinski definition) is 0. The summed E-state index contributed by atoms with van der Waals surface area (Å²) >= 11 is 0. The van der Waals surface area contributed by atoms with Crippen LogP contribution in [0.4, 0.5) is 0 Å². The maximum Gasteiger partial charge on any atom is 2.00 e. The van der Waals surface area contributed by atoms with E-state index >= 15 is 0 Å². The van der Waals surface area contributed by atoms with Crippen molar-refractivity contribution in [2.45, 2.75) is 25.2 Å². The minimum atomic E-state index is 0. The molecule has 0 saturated heterocycles. The van der Waals surface area contributed by atoms with E-state index in [1.165, 1.54) is 35.1 Å². The molecule has 2 aromatic carbocycles. The van der Waals surface area contributed by atoms with Crippen LogP contribution >= 0.6 is 0 Å². The zero-order chi connectivity index (χ0) is 13.4. The molecule has 0 nitrogen and oxygen atoms in total. The Labute approximate surface area is 170 Å². The second kappa shape index (κ2) is 9.02. The summed E-state index contributed by atoms with van der Waals surface area (Å²) in [6.07, 6.45) is 10.3. The molecule has 2 aliphatic rings. The third kappa shape index (κ3) is 3.90.